The summed E-state index contributed by atoms with van der Waals surface area (Å²) in [5.41, 5.74) is 0. The lowest BCUT2D eigenvalue weighted by atomic mass is 9.89. The van der Waals surface area contributed by atoms with Crippen molar-refractivity contribution in [1.29, 1.82) is 0 Å². The second kappa shape index (κ2) is 6.01. The van der Waals surface area contributed by atoms with E-state index in [1.807, 2.05) is 6.08 Å². The number of nitrogens with one attached hydrogen (secondary N) is 1. The van der Waals surface area contributed by atoms with E-state index >= 15 is 0 Å². The molecule has 0 aliphatic carbocycles. The zero-order valence-corrected chi connectivity index (χ0v) is 11.5. The molecule has 98 valence electrons. The van der Waals surface area contributed by atoms with E-state index in [4.69, 9.17) is 0 Å². The predicted molar refractivity (Wildman–Crippen MR) is 74.2 cm³/mol. The van der Waals surface area contributed by atoms with Crippen LogP contribution in [-0.2, 0) is 0 Å². The van der Waals surface area contributed by atoms with Gasteiger partial charge in [0.25, 0.3) is 0 Å². The highest BCUT2D eigenvalue weighted by Gasteiger charge is 2.33. The van der Waals surface area contributed by atoms with Gasteiger partial charge < -0.3 is 5.32 Å². The van der Waals surface area contributed by atoms with Crippen molar-refractivity contribution < 1.29 is 0 Å². The zero-order chi connectivity index (χ0) is 12.3. The predicted octanol–water partition coefficient (Wildman–Crippen LogP) is 2.80. The molecule has 2 aliphatic heterocycles. The molecule has 2 saturated heterocycles. The summed E-state index contributed by atoms with van der Waals surface area (Å²) in [6, 6.07) is 2.32. The topological polar surface area (TPSA) is 15.3 Å². The molecule has 2 rings (SSSR count). The molecule has 2 fully saturated rings. The first-order chi connectivity index (χ1) is 8.19. The van der Waals surface area contributed by atoms with Crippen LogP contribution in [0.25, 0.3) is 0 Å². The van der Waals surface area contributed by atoms with Crippen molar-refractivity contribution in [1.82, 2.24) is 10.2 Å². The molecular weight excluding hydrogens is 208 g/mol. The first-order valence-corrected chi connectivity index (χ1v) is 7.30. The van der Waals surface area contributed by atoms with Crippen LogP contribution in [0.2, 0.25) is 0 Å². The van der Waals surface area contributed by atoms with E-state index in [2.05, 4.69) is 30.6 Å². The molecule has 2 heteroatoms. The maximum absolute atomic E-state index is 3.86. The summed E-state index contributed by atoms with van der Waals surface area (Å²) in [6.07, 6.45) is 9.07. The summed E-state index contributed by atoms with van der Waals surface area (Å²) in [6.45, 7) is 10.7. The van der Waals surface area contributed by atoms with Crippen LogP contribution in [0.15, 0.2) is 12.7 Å². The smallest absolute Gasteiger partial charge is 0.0163 e. The normalized spacial score (nSPS) is 32.4. The highest BCUT2D eigenvalue weighted by Crippen LogP contribution is 2.32. The molecule has 0 aromatic heterocycles. The molecule has 17 heavy (non-hydrogen) atoms. The van der Waals surface area contributed by atoms with Crippen LogP contribution in [0.1, 0.15) is 46.0 Å². The average Bonchev–Trinajstić information content (AvgIpc) is 2.63. The molecule has 0 spiro atoms. The van der Waals surface area contributed by atoms with Crippen LogP contribution in [0.3, 0.4) is 0 Å². The molecule has 2 bridgehead atoms. The Morgan fingerprint density at radius 2 is 1.94 bits per heavy atom. The van der Waals surface area contributed by atoms with Gasteiger partial charge >= 0.3 is 0 Å². The van der Waals surface area contributed by atoms with E-state index in [0.29, 0.717) is 6.04 Å². The molecule has 0 saturated carbocycles. The summed E-state index contributed by atoms with van der Waals surface area (Å²) in [5, 5.41) is 3.73. The minimum atomic E-state index is 0.645. The van der Waals surface area contributed by atoms with Gasteiger partial charge in [0.2, 0.25) is 0 Å². The fourth-order valence-electron chi connectivity index (χ4n) is 3.49. The largest absolute Gasteiger partial charge is 0.311 e. The molecular formula is C15H28N2. The minimum Gasteiger partial charge on any atom is -0.311 e. The number of hydrogen-bond acceptors (Lipinski definition) is 2. The quantitative estimate of drug-likeness (QED) is 0.713. The lowest BCUT2D eigenvalue weighted by molar-refractivity contribution is 0.202. The van der Waals surface area contributed by atoms with Crippen molar-refractivity contribution in [2.45, 2.75) is 64.1 Å². The number of hydrogen-bond donors (Lipinski definition) is 1. The Kier molecular flexibility index (Phi) is 4.63. The molecule has 0 radical (unpaired) electrons. The lowest BCUT2D eigenvalue weighted by Gasteiger charge is -2.32. The van der Waals surface area contributed by atoms with Crippen molar-refractivity contribution in [2.75, 3.05) is 13.1 Å². The third-order valence-corrected chi connectivity index (χ3v) is 4.49. The molecule has 2 atom stereocenters. The highest BCUT2D eigenvalue weighted by molar-refractivity contribution is 4.92. The van der Waals surface area contributed by atoms with E-state index in [1.54, 1.807) is 0 Å². The Bertz CT molecular complexity index is 237. The number of fused-ring (bicyclic) bond motifs is 2. The van der Waals surface area contributed by atoms with Crippen LogP contribution in [-0.4, -0.2) is 36.1 Å². The van der Waals surface area contributed by atoms with Gasteiger partial charge in [-0.2, -0.15) is 0 Å². The first kappa shape index (κ1) is 13.1. The van der Waals surface area contributed by atoms with Crippen LogP contribution in [0.4, 0.5) is 0 Å². The van der Waals surface area contributed by atoms with Crippen LogP contribution >= 0.6 is 0 Å². The van der Waals surface area contributed by atoms with E-state index in [-0.39, 0.29) is 0 Å². The second-order valence-electron chi connectivity index (χ2n) is 6.14. The van der Waals surface area contributed by atoms with Gasteiger partial charge in [-0.3, -0.25) is 4.90 Å². The highest BCUT2D eigenvalue weighted by atomic mass is 15.1. The Morgan fingerprint density at radius 3 is 2.47 bits per heavy atom. The number of piperidine rings is 1. The molecule has 0 aromatic rings. The summed E-state index contributed by atoms with van der Waals surface area (Å²) < 4.78 is 0. The molecule has 2 aliphatic rings. The van der Waals surface area contributed by atoms with E-state index in [1.165, 1.54) is 38.6 Å². The molecule has 2 unspecified atom stereocenters. The lowest BCUT2D eigenvalue weighted by Crippen LogP contribution is -2.40. The number of rotatable bonds is 6. The summed E-state index contributed by atoms with van der Waals surface area (Å²) in [4.78, 5) is 2.54. The van der Waals surface area contributed by atoms with Gasteiger partial charge in [0.1, 0.15) is 0 Å². The second-order valence-corrected chi connectivity index (χ2v) is 6.14. The van der Waals surface area contributed by atoms with Crippen molar-refractivity contribution >= 4 is 0 Å². The van der Waals surface area contributed by atoms with Crippen molar-refractivity contribution in [2.24, 2.45) is 5.92 Å². The fraction of sp³-hybridized carbons (Fsp3) is 0.867. The van der Waals surface area contributed by atoms with Crippen LogP contribution in [0.5, 0.6) is 0 Å². The zero-order valence-electron chi connectivity index (χ0n) is 11.5. The van der Waals surface area contributed by atoms with Crippen LogP contribution < -0.4 is 5.32 Å². The Labute approximate surface area is 106 Å². The van der Waals surface area contributed by atoms with Gasteiger partial charge in [0, 0.05) is 24.7 Å². The number of nitrogens with zero attached hydrogens (tertiary/aromatic N) is 1. The third kappa shape index (κ3) is 3.56. The Morgan fingerprint density at radius 1 is 1.29 bits per heavy atom. The Balaban J connectivity index is 1.75. The van der Waals surface area contributed by atoms with Gasteiger partial charge in [-0.1, -0.05) is 6.08 Å². The molecule has 0 amide bonds. The molecule has 2 nitrogen and oxygen atoms in total. The fourth-order valence-corrected chi connectivity index (χ4v) is 3.49. The SMILES string of the molecule is C=CCN(CCC1CC2CCC(C1)N2)C(C)C. The monoisotopic (exact) mass is 236 g/mol. The first-order valence-electron chi connectivity index (χ1n) is 7.30. The standard InChI is InChI=1S/C15H28N2/c1-4-8-17(12(2)3)9-7-13-10-14-5-6-15(11-13)16-14/h4,12-16H,1,5-11H2,2-3H3. The van der Waals surface area contributed by atoms with Crippen molar-refractivity contribution in [3.63, 3.8) is 0 Å². The van der Waals surface area contributed by atoms with E-state index < -0.39 is 0 Å². The third-order valence-electron chi connectivity index (χ3n) is 4.49. The van der Waals surface area contributed by atoms with E-state index in [9.17, 15) is 0 Å². The van der Waals surface area contributed by atoms with Gasteiger partial charge in [-0.25, -0.2) is 0 Å². The maximum atomic E-state index is 3.86. The Hall–Kier alpha value is -0.340. The van der Waals surface area contributed by atoms with Gasteiger partial charge in [0.15, 0.2) is 0 Å². The maximum Gasteiger partial charge on any atom is 0.0163 e. The van der Waals surface area contributed by atoms with Crippen molar-refractivity contribution in [3.8, 4) is 0 Å². The van der Waals surface area contributed by atoms with E-state index in [0.717, 1.165) is 24.5 Å². The van der Waals surface area contributed by atoms with Gasteiger partial charge in [-0.05, 0) is 58.4 Å². The molecule has 2 heterocycles. The summed E-state index contributed by atoms with van der Waals surface area (Å²) in [5.74, 6) is 0.958. The molecule has 0 aromatic carbocycles. The summed E-state index contributed by atoms with van der Waals surface area (Å²) >= 11 is 0. The molecule has 1 N–H and O–H groups in total. The van der Waals surface area contributed by atoms with Crippen LogP contribution in [0, 0.1) is 5.92 Å². The minimum absolute atomic E-state index is 0.645. The van der Waals surface area contributed by atoms with Gasteiger partial charge in [-0.15, -0.1) is 6.58 Å². The summed E-state index contributed by atoms with van der Waals surface area (Å²) in [7, 11) is 0. The van der Waals surface area contributed by atoms with Crippen molar-refractivity contribution in [3.05, 3.63) is 12.7 Å². The average molecular weight is 236 g/mol. The van der Waals surface area contributed by atoms with Gasteiger partial charge in [0.05, 0.1) is 0 Å².